The van der Waals surface area contributed by atoms with E-state index in [9.17, 15) is 9.59 Å². The van der Waals surface area contributed by atoms with Crippen LogP contribution in [-0.4, -0.2) is 23.6 Å². The molecule has 0 aromatic heterocycles. The molecule has 3 saturated carbocycles. The molecule has 0 aromatic rings. The molecule has 0 aliphatic heterocycles. The van der Waals surface area contributed by atoms with Gasteiger partial charge in [0, 0.05) is 0 Å². The third-order valence-electron chi connectivity index (χ3n) is 7.27. The molecule has 142 valence electrons. The van der Waals surface area contributed by atoms with Gasteiger partial charge in [-0.25, -0.2) is 0 Å². The molecule has 2 bridgehead atoms. The molecule has 3 aliphatic carbocycles. The van der Waals surface area contributed by atoms with Crippen molar-refractivity contribution in [2.24, 2.45) is 23.2 Å². The molecule has 4 nitrogen and oxygen atoms in total. The van der Waals surface area contributed by atoms with Gasteiger partial charge in [0.2, 0.25) is 0 Å². The lowest BCUT2D eigenvalue weighted by atomic mass is 9.86. The van der Waals surface area contributed by atoms with Crippen LogP contribution in [0, 0.1) is 23.2 Å². The average Bonchev–Trinajstić information content (AvgIpc) is 3.30. The zero-order valence-corrected chi connectivity index (χ0v) is 16.3. The summed E-state index contributed by atoms with van der Waals surface area (Å²) in [5.41, 5.74) is -0.619. The van der Waals surface area contributed by atoms with Crippen LogP contribution < -0.4 is 0 Å². The first kappa shape index (κ1) is 18.7. The van der Waals surface area contributed by atoms with Gasteiger partial charge in [-0.15, -0.1) is 0 Å². The van der Waals surface area contributed by atoms with E-state index in [2.05, 4.69) is 6.92 Å². The molecule has 4 atom stereocenters. The van der Waals surface area contributed by atoms with Crippen molar-refractivity contribution in [1.82, 2.24) is 0 Å². The highest BCUT2D eigenvalue weighted by Gasteiger charge is 2.52. The molecule has 0 spiro atoms. The van der Waals surface area contributed by atoms with Crippen molar-refractivity contribution in [3.05, 3.63) is 0 Å². The Morgan fingerprint density at radius 3 is 2.24 bits per heavy atom. The van der Waals surface area contributed by atoms with Crippen LogP contribution in [0.25, 0.3) is 0 Å². The first-order valence-corrected chi connectivity index (χ1v) is 10.2. The van der Waals surface area contributed by atoms with E-state index in [0.29, 0.717) is 11.8 Å². The van der Waals surface area contributed by atoms with E-state index in [1.165, 1.54) is 12.8 Å². The monoisotopic (exact) mass is 350 g/mol. The first-order valence-electron chi connectivity index (χ1n) is 10.2. The molecule has 0 heterocycles. The normalized spacial score (nSPS) is 33.4. The topological polar surface area (TPSA) is 52.6 Å². The van der Waals surface area contributed by atoms with Gasteiger partial charge in [0.1, 0.15) is 11.7 Å². The Morgan fingerprint density at radius 1 is 1.04 bits per heavy atom. The number of fused-ring (bicyclic) bond motifs is 2. The van der Waals surface area contributed by atoms with Crippen LogP contribution in [0.15, 0.2) is 0 Å². The number of esters is 2. The van der Waals surface area contributed by atoms with Gasteiger partial charge >= 0.3 is 11.9 Å². The lowest BCUT2D eigenvalue weighted by Gasteiger charge is -2.33. The number of hydrogen-bond acceptors (Lipinski definition) is 4. The Balaban J connectivity index is 1.55. The van der Waals surface area contributed by atoms with Crippen molar-refractivity contribution in [3.63, 3.8) is 0 Å². The van der Waals surface area contributed by atoms with Crippen LogP contribution in [0.4, 0.5) is 0 Å². The summed E-state index contributed by atoms with van der Waals surface area (Å²) >= 11 is 0. The molecule has 0 saturated heterocycles. The summed E-state index contributed by atoms with van der Waals surface area (Å²) in [6.07, 6.45) is 8.73. The molecule has 3 aliphatic rings. The van der Waals surface area contributed by atoms with Crippen molar-refractivity contribution < 1.29 is 19.1 Å². The van der Waals surface area contributed by atoms with Gasteiger partial charge in [0.25, 0.3) is 0 Å². The lowest BCUT2D eigenvalue weighted by molar-refractivity contribution is -0.169. The van der Waals surface area contributed by atoms with E-state index in [0.717, 1.165) is 44.9 Å². The van der Waals surface area contributed by atoms with E-state index < -0.39 is 5.41 Å². The maximum Gasteiger partial charge on any atom is 0.311 e. The van der Waals surface area contributed by atoms with Crippen LogP contribution in [0.3, 0.4) is 0 Å². The van der Waals surface area contributed by atoms with Crippen LogP contribution in [0.5, 0.6) is 0 Å². The predicted molar refractivity (Wildman–Crippen MR) is 95.9 cm³/mol. The molecule has 25 heavy (non-hydrogen) atoms. The molecule has 0 N–H and O–H groups in total. The molecule has 4 unspecified atom stereocenters. The van der Waals surface area contributed by atoms with Gasteiger partial charge in [-0.05, 0) is 83.5 Å². The highest BCUT2D eigenvalue weighted by Crippen LogP contribution is 2.51. The fourth-order valence-electron chi connectivity index (χ4n) is 4.93. The van der Waals surface area contributed by atoms with Gasteiger partial charge < -0.3 is 9.47 Å². The van der Waals surface area contributed by atoms with Crippen LogP contribution in [-0.2, 0) is 19.1 Å². The van der Waals surface area contributed by atoms with Crippen molar-refractivity contribution in [2.75, 3.05) is 0 Å². The number of hydrogen-bond donors (Lipinski definition) is 0. The molecular formula is C21H34O4. The highest BCUT2D eigenvalue weighted by molar-refractivity contribution is 5.76. The maximum absolute atomic E-state index is 12.8. The third-order valence-corrected chi connectivity index (χ3v) is 7.27. The van der Waals surface area contributed by atoms with E-state index >= 15 is 0 Å². The Hall–Kier alpha value is -1.06. The summed E-state index contributed by atoms with van der Waals surface area (Å²) in [5.74, 6) is 0.594. The van der Waals surface area contributed by atoms with Crippen molar-refractivity contribution in [1.29, 1.82) is 0 Å². The van der Waals surface area contributed by atoms with Crippen molar-refractivity contribution >= 4 is 11.9 Å². The van der Waals surface area contributed by atoms with Crippen LogP contribution in [0.2, 0.25) is 0 Å². The Kier molecular flexibility index (Phi) is 5.18. The molecule has 3 fully saturated rings. The summed E-state index contributed by atoms with van der Waals surface area (Å²) in [6.45, 7) is 8.02. The third kappa shape index (κ3) is 3.59. The Morgan fingerprint density at radius 2 is 1.72 bits per heavy atom. The smallest absolute Gasteiger partial charge is 0.311 e. The summed E-state index contributed by atoms with van der Waals surface area (Å²) in [4.78, 5) is 25.1. The minimum absolute atomic E-state index is 0.000934. The van der Waals surface area contributed by atoms with Gasteiger partial charge in [0.05, 0.1) is 11.3 Å². The maximum atomic E-state index is 12.8. The Bertz CT molecular complexity index is 518. The fourth-order valence-corrected chi connectivity index (χ4v) is 4.93. The molecule has 0 aromatic carbocycles. The number of carbonyl (C=O) groups is 2. The summed E-state index contributed by atoms with van der Waals surface area (Å²) in [5, 5.41) is 0. The second-order valence-corrected chi connectivity index (χ2v) is 9.18. The Labute approximate surface area is 152 Å². The second-order valence-electron chi connectivity index (χ2n) is 9.18. The molecule has 0 amide bonds. The van der Waals surface area contributed by atoms with Crippen LogP contribution >= 0.6 is 0 Å². The fraction of sp³-hybridized carbons (Fsp3) is 0.905. The molecular weight excluding hydrogens is 316 g/mol. The summed E-state index contributed by atoms with van der Waals surface area (Å²) < 4.78 is 11.8. The summed E-state index contributed by atoms with van der Waals surface area (Å²) in [6, 6.07) is 0. The zero-order valence-electron chi connectivity index (χ0n) is 16.3. The number of rotatable bonds is 6. The molecule has 3 rings (SSSR count). The predicted octanol–water partition coefficient (Wildman–Crippen LogP) is 4.65. The van der Waals surface area contributed by atoms with E-state index in [1.54, 1.807) is 0 Å². The quantitative estimate of drug-likeness (QED) is 0.655. The molecule has 0 radical (unpaired) electrons. The van der Waals surface area contributed by atoms with Gasteiger partial charge in [-0.1, -0.05) is 13.8 Å². The second kappa shape index (κ2) is 6.92. The largest absolute Gasteiger partial charge is 0.462 e. The van der Waals surface area contributed by atoms with Gasteiger partial charge in [-0.3, -0.25) is 9.59 Å². The van der Waals surface area contributed by atoms with E-state index in [4.69, 9.17) is 9.47 Å². The minimum atomic E-state index is -0.420. The van der Waals surface area contributed by atoms with Gasteiger partial charge in [-0.2, -0.15) is 0 Å². The van der Waals surface area contributed by atoms with Gasteiger partial charge in [0.15, 0.2) is 0 Å². The van der Waals surface area contributed by atoms with Crippen molar-refractivity contribution in [3.8, 4) is 0 Å². The van der Waals surface area contributed by atoms with Crippen molar-refractivity contribution in [2.45, 2.75) is 97.2 Å². The number of carbonyl (C=O) groups excluding carboxylic acids is 2. The zero-order chi connectivity index (χ0) is 18.2. The van der Waals surface area contributed by atoms with Crippen LogP contribution in [0.1, 0.15) is 85.5 Å². The standard InChI is InChI=1S/C21H34O4/c1-5-20(3,4)19(23)24-17-13-14-11-15(17)12-16(14)18(22)25-21(6-2)9-7-8-10-21/h14-17H,5-13H2,1-4H3. The average molecular weight is 350 g/mol. The van der Waals surface area contributed by atoms with E-state index in [1.807, 2.05) is 20.8 Å². The van der Waals surface area contributed by atoms with E-state index in [-0.39, 0.29) is 29.6 Å². The molecule has 4 heteroatoms. The minimum Gasteiger partial charge on any atom is -0.462 e. The highest BCUT2D eigenvalue weighted by atomic mass is 16.6. The lowest BCUT2D eigenvalue weighted by Crippen LogP contribution is -2.38. The number of ether oxygens (including phenoxy) is 2. The SMILES string of the molecule is CCC1(OC(=O)C2CC3CC2CC3OC(=O)C(C)(C)CC)CCCC1. The first-order chi connectivity index (χ1) is 11.8. The summed E-state index contributed by atoms with van der Waals surface area (Å²) in [7, 11) is 0.